The largest absolute Gasteiger partial charge is 0.489 e. The second kappa shape index (κ2) is 11.0. The molecule has 0 atom stereocenters. The number of hydrogen-bond acceptors (Lipinski definition) is 8. The lowest BCUT2D eigenvalue weighted by atomic mass is 10.0. The molecule has 2 heterocycles. The molecule has 0 bridgehead atoms. The van der Waals surface area contributed by atoms with Crippen LogP contribution >= 0.6 is 0 Å². The molecule has 10 heteroatoms. The summed E-state index contributed by atoms with van der Waals surface area (Å²) in [4.78, 5) is 24.8. The van der Waals surface area contributed by atoms with E-state index in [1.54, 1.807) is 42.9 Å². The van der Waals surface area contributed by atoms with Gasteiger partial charge in [-0.15, -0.1) is 0 Å². The van der Waals surface area contributed by atoms with Crippen LogP contribution in [0.2, 0.25) is 0 Å². The number of carbonyl (C=O) groups is 1. The Morgan fingerprint density at radius 2 is 1.61 bits per heavy atom. The molecule has 1 amide bonds. The first-order valence-electron chi connectivity index (χ1n) is 12.1. The molecule has 4 aromatic rings. The summed E-state index contributed by atoms with van der Waals surface area (Å²) < 4.78 is 36.4. The lowest BCUT2D eigenvalue weighted by Gasteiger charge is -2.12. The quantitative estimate of drug-likeness (QED) is 0.323. The molecule has 1 N–H and O–H groups in total. The summed E-state index contributed by atoms with van der Waals surface area (Å²) in [5, 5.41) is 0. The summed E-state index contributed by atoms with van der Waals surface area (Å²) in [6.07, 6.45) is 10.1. The SMILES string of the molecule is CS(=O)(=O)NC(=O)c1ccc(COc2cc(-c3cncnc3)cc(-c3ccc(OCC4CC4)nc3)c2)cc1. The number of benzene rings is 2. The molecule has 5 rings (SSSR count). The molecule has 0 saturated heterocycles. The summed E-state index contributed by atoms with van der Waals surface area (Å²) in [6.45, 7) is 0.950. The first-order chi connectivity index (χ1) is 18.3. The van der Waals surface area contributed by atoms with Gasteiger partial charge in [0.25, 0.3) is 5.91 Å². The molecular weight excluding hydrogens is 504 g/mol. The minimum absolute atomic E-state index is 0.240. The first-order valence-corrected chi connectivity index (χ1v) is 13.9. The Balaban J connectivity index is 1.34. The summed E-state index contributed by atoms with van der Waals surface area (Å²) in [7, 11) is -3.63. The van der Waals surface area contributed by atoms with E-state index in [0.717, 1.165) is 34.1 Å². The molecule has 38 heavy (non-hydrogen) atoms. The number of nitrogens with zero attached hydrogens (tertiary/aromatic N) is 3. The molecule has 0 aliphatic heterocycles. The van der Waals surface area contributed by atoms with E-state index in [-0.39, 0.29) is 12.2 Å². The van der Waals surface area contributed by atoms with E-state index in [9.17, 15) is 13.2 Å². The van der Waals surface area contributed by atoms with Gasteiger partial charge in [0.15, 0.2) is 0 Å². The van der Waals surface area contributed by atoms with Gasteiger partial charge in [-0.05, 0) is 71.8 Å². The van der Waals surface area contributed by atoms with Gasteiger partial charge < -0.3 is 9.47 Å². The first kappa shape index (κ1) is 25.3. The number of amides is 1. The number of carbonyl (C=O) groups excluding carboxylic acids is 1. The summed E-state index contributed by atoms with van der Waals surface area (Å²) in [5.41, 5.74) is 4.61. The molecule has 0 spiro atoms. The highest BCUT2D eigenvalue weighted by Crippen LogP contribution is 2.32. The number of aromatic nitrogens is 3. The van der Waals surface area contributed by atoms with Crippen LogP contribution in [-0.2, 0) is 16.6 Å². The van der Waals surface area contributed by atoms with E-state index >= 15 is 0 Å². The van der Waals surface area contributed by atoms with Crippen molar-refractivity contribution in [2.75, 3.05) is 12.9 Å². The Labute approximate surface area is 221 Å². The van der Waals surface area contributed by atoms with Crippen molar-refractivity contribution in [1.29, 1.82) is 0 Å². The van der Waals surface area contributed by atoms with Gasteiger partial charge in [-0.25, -0.2) is 28.1 Å². The van der Waals surface area contributed by atoms with Crippen molar-refractivity contribution in [3.8, 4) is 33.9 Å². The van der Waals surface area contributed by atoms with Gasteiger partial charge in [0.2, 0.25) is 15.9 Å². The third kappa shape index (κ3) is 6.92. The Morgan fingerprint density at radius 3 is 2.24 bits per heavy atom. The molecule has 1 aliphatic rings. The monoisotopic (exact) mass is 530 g/mol. The lowest BCUT2D eigenvalue weighted by molar-refractivity contribution is 0.0981. The van der Waals surface area contributed by atoms with E-state index in [4.69, 9.17) is 9.47 Å². The van der Waals surface area contributed by atoms with Crippen LogP contribution in [0.4, 0.5) is 0 Å². The van der Waals surface area contributed by atoms with Crippen molar-refractivity contribution in [2.45, 2.75) is 19.4 Å². The minimum Gasteiger partial charge on any atom is -0.489 e. The zero-order valence-electron chi connectivity index (χ0n) is 20.7. The Bertz CT molecular complexity index is 1520. The minimum atomic E-state index is -3.63. The smallest absolute Gasteiger partial charge is 0.264 e. The second-order valence-electron chi connectivity index (χ2n) is 9.20. The predicted octanol–water partition coefficient (Wildman–Crippen LogP) is 4.26. The second-order valence-corrected chi connectivity index (χ2v) is 11.0. The average Bonchev–Trinajstić information content (AvgIpc) is 3.75. The number of sulfonamides is 1. The fourth-order valence-electron chi connectivity index (χ4n) is 3.73. The topological polar surface area (TPSA) is 120 Å². The van der Waals surface area contributed by atoms with E-state index in [0.29, 0.717) is 24.2 Å². The van der Waals surface area contributed by atoms with Crippen LogP contribution in [0.25, 0.3) is 22.3 Å². The van der Waals surface area contributed by atoms with Crippen LogP contribution in [-0.4, -0.2) is 42.1 Å². The summed E-state index contributed by atoms with van der Waals surface area (Å²) in [6, 6.07) is 16.3. The van der Waals surface area contributed by atoms with E-state index in [2.05, 4.69) is 15.0 Å². The highest BCUT2D eigenvalue weighted by atomic mass is 32.2. The maximum atomic E-state index is 12.0. The molecule has 0 radical (unpaired) electrons. The number of rotatable bonds is 10. The van der Waals surface area contributed by atoms with Crippen LogP contribution in [0, 0.1) is 5.92 Å². The molecule has 1 saturated carbocycles. The van der Waals surface area contributed by atoms with Gasteiger partial charge in [-0.1, -0.05) is 12.1 Å². The Morgan fingerprint density at radius 1 is 0.895 bits per heavy atom. The standard InChI is InChI=1S/C28H26N4O5S/c1-38(34,35)32-28(33)21-6-4-20(5-7-21)16-36-26-11-23(10-24(12-26)25-13-29-18-30-14-25)22-8-9-27(31-15-22)37-17-19-2-3-19/h4-15,18-19H,2-3,16-17H2,1H3,(H,32,33). The Hall–Kier alpha value is -4.31. The molecule has 0 unspecified atom stereocenters. The molecule has 1 fully saturated rings. The van der Waals surface area contributed by atoms with Crippen molar-refractivity contribution in [1.82, 2.24) is 19.7 Å². The van der Waals surface area contributed by atoms with Crippen LogP contribution in [0.1, 0.15) is 28.8 Å². The fourth-order valence-corrected chi connectivity index (χ4v) is 4.19. The Kier molecular flexibility index (Phi) is 7.32. The van der Waals surface area contributed by atoms with Crippen molar-refractivity contribution < 1.29 is 22.7 Å². The molecule has 1 aliphatic carbocycles. The van der Waals surface area contributed by atoms with Gasteiger partial charge in [0, 0.05) is 41.3 Å². The summed E-state index contributed by atoms with van der Waals surface area (Å²) >= 11 is 0. The van der Waals surface area contributed by atoms with Crippen molar-refractivity contribution in [2.24, 2.45) is 5.92 Å². The molecule has 194 valence electrons. The number of nitrogens with one attached hydrogen (secondary N) is 1. The third-order valence-corrected chi connectivity index (χ3v) is 6.49. The molecular formula is C28H26N4O5S. The lowest BCUT2D eigenvalue weighted by Crippen LogP contribution is -2.29. The predicted molar refractivity (Wildman–Crippen MR) is 142 cm³/mol. The van der Waals surface area contributed by atoms with Crippen molar-refractivity contribution in [3.05, 3.63) is 90.6 Å². The number of ether oxygens (including phenoxy) is 2. The van der Waals surface area contributed by atoms with E-state index < -0.39 is 15.9 Å². The zero-order chi connectivity index (χ0) is 26.5. The van der Waals surface area contributed by atoms with E-state index in [1.807, 2.05) is 35.1 Å². The number of pyridine rings is 1. The van der Waals surface area contributed by atoms with Crippen LogP contribution in [0.15, 0.2) is 79.5 Å². The summed E-state index contributed by atoms with van der Waals surface area (Å²) in [5.74, 6) is 1.22. The molecule has 2 aromatic heterocycles. The maximum Gasteiger partial charge on any atom is 0.264 e. The van der Waals surface area contributed by atoms with Crippen molar-refractivity contribution >= 4 is 15.9 Å². The van der Waals surface area contributed by atoms with E-state index in [1.165, 1.54) is 19.2 Å². The third-order valence-electron chi connectivity index (χ3n) is 5.93. The van der Waals surface area contributed by atoms with Crippen molar-refractivity contribution in [3.63, 3.8) is 0 Å². The zero-order valence-corrected chi connectivity index (χ0v) is 21.5. The van der Waals surface area contributed by atoms with Crippen LogP contribution < -0.4 is 14.2 Å². The molecule has 9 nitrogen and oxygen atoms in total. The average molecular weight is 531 g/mol. The van der Waals surface area contributed by atoms with Crippen LogP contribution in [0.5, 0.6) is 11.6 Å². The number of hydrogen-bond donors (Lipinski definition) is 1. The van der Waals surface area contributed by atoms with Gasteiger partial charge >= 0.3 is 0 Å². The van der Waals surface area contributed by atoms with Gasteiger partial charge in [-0.2, -0.15) is 0 Å². The highest BCUT2D eigenvalue weighted by molar-refractivity contribution is 7.89. The highest BCUT2D eigenvalue weighted by Gasteiger charge is 2.22. The van der Waals surface area contributed by atoms with Gasteiger partial charge in [0.05, 0.1) is 12.9 Å². The fraction of sp³-hybridized carbons (Fsp3) is 0.214. The van der Waals surface area contributed by atoms with Crippen LogP contribution in [0.3, 0.4) is 0 Å². The van der Waals surface area contributed by atoms with Gasteiger partial charge in [0.1, 0.15) is 18.7 Å². The normalized spacial score (nSPS) is 13.1. The molecule has 2 aromatic carbocycles. The maximum absolute atomic E-state index is 12.0. The van der Waals surface area contributed by atoms with Gasteiger partial charge in [-0.3, -0.25) is 4.79 Å².